The predicted molar refractivity (Wildman–Crippen MR) is 72.2 cm³/mol. The molecule has 0 unspecified atom stereocenters. The summed E-state index contributed by atoms with van der Waals surface area (Å²) in [6.45, 7) is 2.89. The van der Waals surface area contributed by atoms with Gasteiger partial charge >= 0.3 is 0 Å². The Morgan fingerprint density at radius 3 is 2.75 bits per heavy atom. The molecule has 3 heteroatoms. The summed E-state index contributed by atoms with van der Waals surface area (Å²) < 4.78 is 2.26. The maximum atomic E-state index is 5.71. The second-order valence-corrected chi connectivity index (χ2v) is 4.86. The van der Waals surface area contributed by atoms with Crippen molar-refractivity contribution in [1.29, 1.82) is 0 Å². The van der Waals surface area contributed by atoms with Gasteiger partial charge in [0.15, 0.2) is 0 Å². The number of nitrogens with zero attached hydrogens (tertiary/aromatic N) is 1. The Labute approximate surface area is 101 Å². The number of aromatic nitrogens is 1. The maximum absolute atomic E-state index is 5.71. The van der Waals surface area contributed by atoms with Crippen LogP contribution in [-0.2, 0) is 13.5 Å². The lowest BCUT2D eigenvalue weighted by molar-refractivity contribution is 0.882. The zero-order chi connectivity index (χ0) is 11.7. The van der Waals surface area contributed by atoms with Gasteiger partial charge < -0.3 is 10.3 Å². The largest absolute Gasteiger partial charge is 0.348 e. The molecular weight excluding hydrogens is 216 g/mol. The number of benzene rings is 1. The Bertz CT molecular complexity index is 514. The summed E-state index contributed by atoms with van der Waals surface area (Å²) in [5.41, 5.74) is 9.76. The topological polar surface area (TPSA) is 30.9 Å². The highest BCUT2D eigenvalue weighted by atomic mass is 32.2. The molecule has 1 heterocycles. The molecule has 2 N–H and O–H groups in total. The van der Waals surface area contributed by atoms with Crippen molar-refractivity contribution in [1.82, 2.24) is 4.57 Å². The first-order valence-corrected chi connectivity index (χ1v) is 6.74. The van der Waals surface area contributed by atoms with E-state index in [1.54, 1.807) is 11.8 Å². The van der Waals surface area contributed by atoms with Crippen LogP contribution in [0.3, 0.4) is 0 Å². The van der Waals surface area contributed by atoms with E-state index in [0.29, 0.717) is 6.54 Å². The van der Waals surface area contributed by atoms with E-state index >= 15 is 0 Å². The van der Waals surface area contributed by atoms with Gasteiger partial charge in [0.25, 0.3) is 0 Å². The third-order valence-electron chi connectivity index (χ3n) is 3.22. The fourth-order valence-electron chi connectivity index (χ4n) is 2.29. The van der Waals surface area contributed by atoms with Gasteiger partial charge in [-0.15, -0.1) is 11.8 Å². The number of nitrogens with two attached hydrogens (primary N) is 1. The van der Waals surface area contributed by atoms with Crippen molar-refractivity contribution in [3.63, 3.8) is 0 Å². The quantitative estimate of drug-likeness (QED) is 0.828. The van der Waals surface area contributed by atoms with Crippen LogP contribution in [0.15, 0.2) is 23.1 Å². The zero-order valence-electron chi connectivity index (χ0n) is 10.1. The van der Waals surface area contributed by atoms with Crippen molar-refractivity contribution in [3.8, 4) is 0 Å². The molecule has 16 heavy (non-hydrogen) atoms. The molecular formula is C13H18N2S. The summed E-state index contributed by atoms with van der Waals surface area (Å²) in [5.74, 6) is 0. The van der Waals surface area contributed by atoms with Crippen LogP contribution in [0.2, 0.25) is 0 Å². The number of thioether (sulfide) groups is 1. The Balaban J connectivity index is 2.80. The van der Waals surface area contributed by atoms with E-state index in [1.807, 2.05) is 0 Å². The minimum Gasteiger partial charge on any atom is -0.348 e. The fourth-order valence-corrected chi connectivity index (χ4v) is 2.93. The van der Waals surface area contributed by atoms with Gasteiger partial charge in [-0.25, -0.2) is 0 Å². The summed E-state index contributed by atoms with van der Waals surface area (Å²) in [4.78, 5) is 1.35. The molecule has 2 rings (SSSR count). The molecule has 2 nitrogen and oxygen atoms in total. The predicted octanol–water partition coefficient (Wildman–Crippen LogP) is 2.71. The van der Waals surface area contributed by atoms with Crippen molar-refractivity contribution in [2.24, 2.45) is 12.8 Å². The highest BCUT2D eigenvalue weighted by Gasteiger charge is 2.13. The van der Waals surface area contributed by atoms with Crippen molar-refractivity contribution < 1.29 is 0 Å². The zero-order valence-corrected chi connectivity index (χ0v) is 10.9. The molecule has 0 amide bonds. The average Bonchev–Trinajstić information content (AvgIpc) is 2.55. The third-order valence-corrected chi connectivity index (χ3v) is 4.00. The summed E-state index contributed by atoms with van der Waals surface area (Å²) in [6.07, 6.45) is 3.09. The molecule has 86 valence electrons. The Morgan fingerprint density at radius 1 is 1.38 bits per heavy atom. The molecule has 0 aliphatic rings. The molecule has 1 aromatic heterocycles. The van der Waals surface area contributed by atoms with E-state index < -0.39 is 0 Å². The fraction of sp³-hybridized carbons (Fsp3) is 0.385. The van der Waals surface area contributed by atoms with E-state index in [0.717, 1.165) is 6.42 Å². The lowest BCUT2D eigenvalue weighted by atomic mass is 10.1. The molecule has 0 atom stereocenters. The monoisotopic (exact) mass is 234 g/mol. The highest BCUT2D eigenvalue weighted by molar-refractivity contribution is 7.98. The molecule has 0 fully saturated rings. The number of aryl methyl sites for hydroxylation is 1. The summed E-state index contributed by atoms with van der Waals surface area (Å²) in [5, 5.41) is 1.39. The van der Waals surface area contributed by atoms with Gasteiger partial charge in [0.05, 0.1) is 0 Å². The highest BCUT2D eigenvalue weighted by Crippen LogP contribution is 2.32. The molecule has 0 aliphatic carbocycles. The Kier molecular flexibility index (Phi) is 3.26. The van der Waals surface area contributed by atoms with Crippen molar-refractivity contribution in [2.45, 2.75) is 18.2 Å². The van der Waals surface area contributed by atoms with Crippen molar-refractivity contribution >= 4 is 22.7 Å². The number of rotatable bonds is 3. The van der Waals surface area contributed by atoms with E-state index in [2.05, 4.69) is 43.0 Å². The molecule has 0 bridgehead atoms. The molecule has 0 aliphatic heterocycles. The van der Waals surface area contributed by atoms with Crippen LogP contribution in [-0.4, -0.2) is 17.4 Å². The summed E-state index contributed by atoms with van der Waals surface area (Å²) in [6, 6.07) is 6.49. The Hall–Kier alpha value is -0.930. The van der Waals surface area contributed by atoms with Gasteiger partial charge in [0, 0.05) is 28.5 Å². The van der Waals surface area contributed by atoms with Gasteiger partial charge in [-0.2, -0.15) is 0 Å². The second kappa shape index (κ2) is 4.52. The third kappa shape index (κ3) is 1.64. The minimum atomic E-state index is 0.711. The Morgan fingerprint density at radius 2 is 2.12 bits per heavy atom. The van der Waals surface area contributed by atoms with E-state index in [-0.39, 0.29) is 0 Å². The van der Waals surface area contributed by atoms with Gasteiger partial charge in [-0.1, -0.05) is 6.07 Å². The first-order valence-electron chi connectivity index (χ1n) is 5.51. The van der Waals surface area contributed by atoms with Gasteiger partial charge in [0.2, 0.25) is 0 Å². The van der Waals surface area contributed by atoms with Crippen molar-refractivity contribution in [2.75, 3.05) is 12.8 Å². The van der Waals surface area contributed by atoms with Crippen LogP contribution in [0.25, 0.3) is 10.9 Å². The van der Waals surface area contributed by atoms with Crippen LogP contribution in [0, 0.1) is 6.92 Å². The summed E-state index contributed by atoms with van der Waals surface area (Å²) in [7, 11) is 2.13. The number of hydrogen-bond donors (Lipinski definition) is 1. The average molecular weight is 234 g/mol. The number of hydrogen-bond acceptors (Lipinski definition) is 2. The smallest absolute Gasteiger partial charge is 0.0494 e. The lowest BCUT2D eigenvalue weighted by Crippen LogP contribution is -2.04. The molecule has 0 radical (unpaired) electrons. The first kappa shape index (κ1) is 11.6. The van der Waals surface area contributed by atoms with Gasteiger partial charge in [0.1, 0.15) is 0 Å². The van der Waals surface area contributed by atoms with Crippen LogP contribution < -0.4 is 5.73 Å². The van der Waals surface area contributed by atoms with Crippen LogP contribution in [0.1, 0.15) is 11.3 Å². The molecule has 0 saturated carbocycles. The second-order valence-electron chi connectivity index (χ2n) is 4.02. The van der Waals surface area contributed by atoms with Gasteiger partial charge in [-0.05, 0) is 43.8 Å². The summed E-state index contributed by atoms with van der Waals surface area (Å²) >= 11 is 1.81. The van der Waals surface area contributed by atoms with E-state index in [1.165, 1.54) is 27.1 Å². The van der Waals surface area contributed by atoms with E-state index in [4.69, 9.17) is 5.73 Å². The van der Waals surface area contributed by atoms with Crippen LogP contribution in [0.4, 0.5) is 0 Å². The molecule has 2 aromatic rings. The van der Waals surface area contributed by atoms with Crippen molar-refractivity contribution in [3.05, 3.63) is 29.5 Å². The van der Waals surface area contributed by atoms with Gasteiger partial charge in [-0.3, -0.25) is 0 Å². The molecule has 0 spiro atoms. The van der Waals surface area contributed by atoms with E-state index in [9.17, 15) is 0 Å². The van der Waals surface area contributed by atoms with Crippen LogP contribution in [0.5, 0.6) is 0 Å². The first-order chi connectivity index (χ1) is 7.70. The number of fused-ring (bicyclic) bond motifs is 1. The standard InChI is InChI=1S/C13H18N2S/c1-9-10(7-8-14)13-11(15(9)2)5-4-6-12(13)16-3/h4-6H,7-8,14H2,1-3H3. The SMILES string of the molecule is CSc1cccc2c1c(CCN)c(C)n2C. The maximum Gasteiger partial charge on any atom is 0.0494 e. The molecule has 1 aromatic carbocycles. The minimum absolute atomic E-state index is 0.711. The van der Waals surface area contributed by atoms with Crippen LogP contribution >= 0.6 is 11.8 Å². The normalized spacial score (nSPS) is 11.2. The lowest BCUT2D eigenvalue weighted by Gasteiger charge is -2.02. The molecule has 0 saturated heterocycles.